The van der Waals surface area contributed by atoms with Crippen LogP contribution in [0.1, 0.15) is 113 Å². The molecule has 5 rings (SSSR count). The molecule has 4 saturated carbocycles. The summed E-state index contributed by atoms with van der Waals surface area (Å²) in [5.41, 5.74) is 3.28. The Bertz CT molecular complexity index is 814. The van der Waals surface area contributed by atoms with Crippen LogP contribution >= 0.6 is 0 Å². The van der Waals surface area contributed by atoms with Gasteiger partial charge < -0.3 is 10.2 Å². The van der Waals surface area contributed by atoms with Crippen molar-refractivity contribution in [2.45, 2.75) is 119 Å². The molecule has 0 aromatic heterocycles. The van der Waals surface area contributed by atoms with Gasteiger partial charge in [0, 0.05) is 5.41 Å². The van der Waals surface area contributed by atoms with E-state index >= 15 is 0 Å². The Hall–Kier alpha value is -0.340. The van der Waals surface area contributed by atoms with Gasteiger partial charge in [-0.3, -0.25) is 0 Å². The first-order chi connectivity index (χ1) is 14.8. The van der Waals surface area contributed by atoms with Crippen molar-refractivity contribution in [3.8, 4) is 0 Å². The molecule has 2 heteroatoms. The highest BCUT2D eigenvalue weighted by Gasteiger charge is 2.68. The van der Waals surface area contributed by atoms with Crippen LogP contribution in [0.5, 0.6) is 0 Å². The minimum absolute atomic E-state index is 0.117. The van der Waals surface area contributed by atoms with Gasteiger partial charge in [0.05, 0.1) is 12.7 Å². The number of fused-ring (bicyclic) bond motifs is 7. The minimum Gasteiger partial charge on any atom is -0.396 e. The van der Waals surface area contributed by atoms with Crippen molar-refractivity contribution >= 4 is 0 Å². The number of hydrogen-bond donors (Lipinski definition) is 2. The average Bonchev–Trinajstić information content (AvgIpc) is 2.73. The van der Waals surface area contributed by atoms with Crippen LogP contribution in [-0.4, -0.2) is 22.9 Å². The molecule has 4 fully saturated rings. The molecule has 0 aromatic rings. The van der Waals surface area contributed by atoms with Gasteiger partial charge in [-0.25, -0.2) is 0 Å². The van der Waals surface area contributed by atoms with E-state index in [4.69, 9.17) is 0 Å². The van der Waals surface area contributed by atoms with E-state index in [1.54, 1.807) is 0 Å². The van der Waals surface area contributed by atoms with Gasteiger partial charge in [0.2, 0.25) is 0 Å². The molecule has 0 aromatic carbocycles. The van der Waals surface area contributed by atoms with Gasteiger partial charge >= 0.3 is 0 Å². The van der Waals surface area contributed by atoms with Crippen LogP contribution in [0, 0.1) is 50.2 Å². The Morgan fingerprint density at radius 3 is 2.22 bits per heavy atom. The maximum atomic E-state index is 10.9. The summed E-state index contributed by atoms with van der Waals surface area (Å²) in [7, 11) is 0. The Morgan fingerprint density at radius 1 is 0.844 bits per heavy atom. The van der Waals surface area contributed by atoms with Gasteiger partial charge in [0.25, 0.3) is 0 Å². The van der Waals surface area contributed by atoms with Gasteiger partial charge in [-0.15, -0.1) is 0 Å². The Balaban J connectivity index is 1.57. The number of rotatable bonds is 1. The standard InChI is InChI=1S/C30H50O2/c1-25(2)14-15-26(3)16-17-29(6)20(21(26)18-25)8-9-23-27(4)12-11-24(32)28(5,19-31)22(27)10-13-30(23,29)7/h8,21-24,31-32H,9-19H2,1-7H3/t21-,22-,23-,24+,26-,27+,28+,29-,30-/m1/s1. The van der Waals surface area contributed by atoms with Crippen LogP contribution in [0.15, 0.2) is 11.6 Å². The first kappa shape index (κ1) is 23.4. The molecule has 5 aliphatic carbocycles. The summed E-state index contributed by atoms with van der Waals surface area (Å²) in [6.07, 6.45) is 14.8. The fraction of sp³-hybridized carbons (Fsp3) is 0.933. The van der Waals surface area contributed by atoms with Gasteiger partial charge in [0.1, 0.15) is 0 Å². The molecular formula is C30H50O2. The maximum absolute atomic E-state index is 10.9. The summed E-state index contributed by atoms with van der Waals surface area (Å²) in [5.74, 6) is 1.83. The van der Waals surface area contributed by atoms with Gasteiger partial charge in [-0.2, -0.15) is 0 Å². The van der Waals surface area contributed by atoms with Gasteiger partial charge in [0.15, 0.2) is 0 Å². The highest BCUT2D eigenvalue weighted by atomic mass is 16.3. The second kappa shape index (κ2) is 6.87. The van der Waals surface area contributed by atoms with E-state index in [2.05, 4.69) is 54.5 Å². The number of aliphatic hydroxyl groups is 2. The van der Waals surface area contributed by atoms with Crippen molar-refractivity contribution in [1.29, 1.82) is 0 Å². The largest absolute Gasteiger partial charge is 0.396 e. The molecular weight excluding hydrogens is 392 g/mol. The summed E-state index contributed by atoms with van der Waals surface area (Å²) < 4.78 is 0. The second-order valence-electron chi connectivity index (χ2n) is 15.1. The highest BCUT2D eigenvalue weighted by Crippen LogP contribution is 2.75. The third-order valence-electron chi connectivity index (χ3n) is 13.2. The van der Waals surface area contributed by atoms with Crippen LogP contribution in [0.25, 0.3) is 0 Å². The molecule has 0 heterocycles. The number of hydrogen-bond acceptors (Lipinski definition) is 2. The third-order valence-corrected chi connectivity index (χ3v) is 13.2. The lowest BCUT2D eigenvalue weighted by atomic mass is 9.33. The zero-order valence-corrected chi connectivity index (χ0v) is 22.1. The third kappa shape index (κ3) is 2.78. The van der Waals surface area contributed by atoms with Gasteiger partial charge in [-0.1, -0.05) is 60.1 Å². The maximum Gasteiger partial charge on any atom is 0.0618 e. The van der Waals surface area contributed by atoms with Crippen molar-refractivity contribution in [2.75, 3.05) is 6.61 Å². The van der Waals surface area contributed by atoms with E-state index in [1.807, 2.05) is 5.57 Å². The van der Waals surface area contributed by atoms with E-state index in [9.17, 15) is 10.2 Å². The lowest BCUT2D eigenvalue weighted by Crippen LogP contribution is -2.65. The molecule has 32 heavy (non-hydrogen) atoms. The van der Waals surface area contributed by atoms with Crippen LogP contribution in [-0.2, 0) is 0 Å². The first-order valence-corrected chi connectivity index (χ1v) is 13.8. The Morgan fingerprint density at radius 2 is 1.53 bits per heavy atom. The monoisotopic (exact) mass is 442 g/mol. The van der Waals surface area contributed by atoms with E-state index < -0.39 is 0 Å². The van der Waals surface area contributed by atoms with E-state index in [-0.39, 0.29) is 23.5 Å². The highest BCUT2D eigenvalue weighted by molar-refractivity contribution is 5.33. The molecule has 182 valence electrons. The molecule has 0 radical (unpaired) electrons. The fourth-order valence-corrected chi connectivity index (χ4v) is 10.5. The molecule has 2 N–H and O–H groups in total. The van der Waals surface area contributed by atoms with Crippen LogP contribution in [0.4, 0.5) is 0 Å². The smallest absolute Gasteiger partial charge is 0.0618 e. The molecule has 2 nitrogen and oxygen atoms in total. The van der Waals surface area contributed by atoms with Crippen LogP contribution < -0.4 is 0 Å². The van der Waals surface area contributed by atoms with Crippen molar-refractivity contribution in [3.63, 3.8) is 0 Å². The summed E-state index contributed by atoms with van der Waals surface area (Å²) >= 11 is 0. The fourth-order valence-electron chi connectivity index (χ4n) is 10.5. The van der Waals surface area contributed by atoms with E-state index in [0.717, 1.165) is 25.2 Å². The molecule has 0 amide bonds. The minimum atomic E-state index is -0.361. The molecule has 9 atom stereocenters. The van der Waals surface area contributed by atoms with Crippen molar-refractivity contribution < 1.29 is 10.2 Å². The van der Waals surface area contributed by atoms with Crippen LogP contribution in [0.3, 0.4) is 0 Å². The molecule has 0 saturated heterocycles. The lowest BCUT2D eigenvalue weighted by Gasteiger charge is -2.71. The average molecular weight is 443 g/mol. The quantitative estimate of drug-likeness (QED) is 0.424. The molecule has 0 bridgehead atoms. The summed E-state index contributed by atoms with van der Waals surface area (Å²) in [4.78, 5) is 0. The van der Waals surface area contributed by atoms with E-state index in [1.165, 1.54) is 44.9 Å². The SMILES string of the molecule is CC1(C)CC[C@]2(C)CC[C@]3(C)C(=CC[C@@H]4[C@@]5(C)CC[C@H](O)[C@@](C)(CO)[C@@H]5CC[C@]43C)[C@H]2C1. The van der Waals surface area contributed by atoms with Crippen molar-refractivity contribution in [1.82, 2.24) is 0 Å². The molecule has 0 aliphatic heterocycles. The van der Waals surface area contributed by atoms with E-state index in [0.29, 0.717) is 33.5 Å². The van der Waals surface area contributed by atoms with Gasteiger partial charge in [-0.05, 0) is 109 Å². The molecule has 5 aliphatic rings. The van der Waals surface area contributed by atoms with Crippen molar-refractivity contribution in [3.05, 3.63) is 11.6 Å². The summed E-state index contributed by atoms with van der Waals surface area (Å²) in [6.45, 7) is 17.7. The zero-order chi connectivity index (χ0) is 23.4. The molecule has 0 unspecified atom stereocenters. The van der Waals surface area contributed by atoms with Crippen LogP contribution in [0.2, 0.25) is 0 Å². The predicted octanol–water partition coefficient (Wildman–Crippen LogP) is 7.14. The topological polar surface area (TPSA) is 40.5 Å². The molecule has 0 spiro atoms. The number of aliphatic hydroxyl groups excluding tert-OH is 2. The predicted molar refractivity (Wildman–Crippen MR) is 132 cm³/mol. The number of allylic oxidation sites excluding steroid dienone is 2. The summed E-state index contributed by atoms with van der Waals surface area (Å²) in [5, 5.41) is 21.3. The second-order valence-corrected chi connectivity index (χ2v) is 15.1. The summed E-state index contributed by atoms with van der Waals surface area (Å²) in [6, 6.07) is 0. The van der Waals surface area contributed by atoms with Crippen molar-refractivity contribution in [2.24, 2.45) is 50.2 Å². The Labute approximate surface area is 197 Å². The lowest BCUT2D eigenvalue weighted by molar-refractivity contribution is -0.215. The first-order valence-electron chi connectivity index (χ1n) is 13.8. The normalized spacial score (nSPS) is 56.8. The Kier molecular flexibility index (Phi) is 5.02. The zero-order valence-electron chi connectivity index (χ0n) is 22.1.